The first-order valence-electron chi connectivity index (χ1n) is 5.64. The lowest BCUT2D eigenvalue weighted by Gasteiger charge is -2.07. The number of rotatable bonds is 4. The molecule has 4 N–H and O–H groups in total. The number of aryl methyl sites for hydroxylation is 2. The largest absolute Gasteiger partial charge is 0.477 e. The number of nitrogens with two attached hydrogens (primary N) is 1. The predicted octanol–water partition coefficient (Wildman–Crippen LogP) is 1.58. The average molecular weight is 262 g/mol. The van der Waals surface area contributed by atoms with Crippen molar-refractivity contribution < 1.29 is 14.3 Å². The lowest BCUT2D eigenvalue weighted by molar-refractivity contribution is 0.0690. The number of carboxylic acid groups (broad SMARTS) is 1. The molecule has 7 heteroatoms. The Labute approximate surface area is 109 Å². The van der Waals surface area contributed by atoms with E-state index < -0.39 is 5.97 Å². The Bertz CT molecular complexity index is 602. The minimum absolute atomic E-state index is 0.0727. The number of aromatic nitrogens is 2. The van der Waals surface area contributed by atoms with E-state index in [2.05, 4.69) is 15.3 Å². The van der Waals surface area contributed by atoms with Crippen molar-refractivity contribution >= 4 is 17.5 Å². The third-order valence-electron chi connectivity index (χ3n) is 2.63. The first kappa shape index (κ1) is 12.9. The molecule has 2 heterocycles. The standard InChI is InChI=1S/C12H14N4O3/c1-6-7(2)19-10(15-6)5-14-11-8(13)3-4-9(16-11)12(17)18/h3-4H,5,13H2,1-2H3,(H,14,16)(H,17,18). The fraction of sp³-hybridized carbons (Fsp3) is 0.250. The van der Waals surface area contributed by atoms with Gasteiger partial charge in [-0.2, -0.15) is 0 Å². The summed E-state index contributed by atoms with van der Waals surface area (Å²) < 4.78 is 5.40. The fourth-order valence-corrected chi connectivity index (χ4v) is 1.50. The molecule has 100 valence electrons. The van der Waals surface area contributed by atoms with Crippen LogP contribution < -0.4 is 11.1 Å². The molecule has 0 aliphatic rings. The van der Waals surface area contributed by atoms with E-state index in [4.69, 9.17) is 15.3 Å². The highest BCUT2D eigenvalue weighted by atomic mass is 16.4. The predicted molar refractivity (Wildman–Crippen MR) is 68.9 cm³/mol. The zero-order valence-corrected chi connectivity index (χ0v) is 10.6. The lowest BCUT2D eigenvalue weighted by Crippen LogP contribution is -2.08. The molecule has 0 fully saturated rings. The van der Waals surface area contributed by atoms with Gasteiger partial charge >= 0.3 is 5.97 Å². The van der Waals surface area contributed by atoms with Gasteiger partial charge in [-0.1, -0.05) is 0 Å². The Balaban J connectivity index is 2.14. The summed E-state index contributed by atoms with van der Waals surface area (Å²) in [6.45, 7) is 3.96. The van der Waals surface area contributed by atoms with Gasteiger partial charge < -0.3 is 20.6 Å². The molecule has 0 radical (unpaired) electrons. The Morgan fingerprint density at radius 2 is 2.16 bits per heavy atom. The van der Waals surface area contributed by atoms with Crippen LogP contribution in [0.2, 0.25) is 0 Å². The molecule has 0 bridgehead atoms. The Kier molecular flexibility index (Phi) is 3.37. The van der Waals surface area contributed by atoms with Crippen LogP contribution in [0.15, 0.2) is 16.5 Å². The van der Waals surface area contributed by atoms with Crippen molar-refractivity contribution in [1.29, 1.82) is 0 Å². The zero-order chi connectivity index (χ0) is 14.0. The van der Waals surface area contributed by atoms with E-state index in [1.165, 1.54) is 12.1 Å². The molecule has 7 nitrogen and oxygen atoms in total. The van der Waals surface area contributed by atoms with Crippen molar-refractivity contribution in [2.45, 2.75) is 20.4 Å². The van der Waals surface area contributed by atoms with Crippen molar-refractivity contribution in [2.24, 2.45) is 0 Å². The molecule has 19 heavy (non-hydrogen) atoms. The third-order valence-corrected chi connectivity index (χ3v) is 2.63. The molecule has 0 saturated carbocycles. The number of nitrogen functional groups attached to an aromatic ring is 1. The van der Waals surface area contributed by atoms with Crippen molar-refractivity contribution in [3.63, 3.8) is 0 Å². The van der Waals surface area contributed by atoms with Gasteiger partial charge in [0.15, 0.2) is 11.5 Å². The normalized spacial score (nSPS) is 10.4. The van der Waals surface area contributed by atoms with E-state index in [0.717, 1.165) is 11.5 Å². The van der Waals surface area contributed by atoms with Crippen LogP contribution in [0, 0.1) is 13.8 Å². The van der Waals surface area contributed by atoms with Crippen LogP contribution in [0.5, 0.6) is 0 Å². The molecule has 0 atom stereocenters. The monoisotopic (exact) mass is 262 g/mol. The highest BCUT2D eigenvalue weighted by molar-refractivity contribution is 5.86. The molecular weight excluding hydrogens is 248 g/mol. The molecule has 0 aromatic carbocycles. The maximum Gasteiger partial charge on any atom is 0.354 e. The van der Waals surface area contributed by atoms with Crippen molar-refractivity contribution in [3.8, 4) is 0 Å². The Morgan fingerprint density at radius 1 is 1.42 bits per heavy atom. The summed E-state index contributed by atoms with van der Waals surface area (Å²) >= 11 is 0. The van der Waals surface area contributed by atoms with Crippen LogP contribution in [0.3, 0.4) is 0 Å². The van der Waals surface area contributed by atoms with E-state index in [1.54, 1.807) is 0 Å². The van der Waals surface area contributed by atoms with E-state index >= 15 is 0 Å². The summed E-state index contributed by atoms with van der Waals surface area (Å²) in [6, 6.07) is 2.84. The molecule has 0 amide bonds. The van der Waals surface area contributed by atoms with Crippen LogP contribution in [0.1, 0.15) is 27.8 Å². The van der Waals surface area contributed by atoms with Gasteiger partial charge in [0.1, 0.15) is 5.76 Å². The number of carbonyl (C=O) groups is 1. The van der Waals surface area contributed by atoms with Gasteiger partial charge in [-0.05, 0) is 26.0 Å². The van der Waals surface area contributed by atoms with E-state index in [9.17, 15) is 4.79 Å². The van der Waals surface area contributed by atoms with Gasteiger partial charge in [-0.25, -0.2) is 14.8 Å². The number of anilines is 2. The number of hydrogen-bond donors (Lipinski definition) is 3. The number of oxazole rings is 1. The van der Waals surface area contributed by atoms with Crippen LogP contribution in [0.4, 0.5) is 11.5 Å². The van der Waals surface area contributed by atoms with Crippen LogP contribution in [-0.4, -0.2) is 21.0 Å². The van der Waals surface area contributed by atoms with Gasteiger partial charge in [0, 0.05) is 0 Å². The topological polar surface area (TPSA) is 114 Å². The summed E-state index contributed by atoms with van der Waals surface area (Å²) in [4.78, 5) is 18.9. The second-order valence-electron chi connectivity index (χ2n) is 4.04. The smallest absolute Gasteiger partial charge is 0.354 e. The average Bonchev–Trinajstić information content (AvgIpc) is 2.67. The fourth-order valence-electron chi connectivity index (χ4n) is 1.50. The second-order valence-corrected chi connectivity index (χ2v) is 4.04. The first-order valence-corrected chi connectivity index (χ1v) is 5.64. The quantitative estimate of drug-likeness (QED) is 0.766. The molecule has 2 aromatic heterocycles. The number of pyridine rings is 1. The molecular formula is C12H14N4O3. The maximum absolute atomic E-state index is 10.8. The number of hydrogen-bond acceptors (Lipinski definition) is 6. The second kappa shape index (κ2) is 4.97. The summed E-state index contributed by atoms with van der Waals surface area (Å²) in [5.74, 6) is 0.438. The number of aromatic carboxylic acids is 1. The summed E-state index contributed by atoms with van der Waals surface area (Å²) in [5.41, 5.74) is 6.83. The molecule has 0 saturated heterocycles. The first-order chi connectivity index (χ1) is 8.97. The van der Waals surface area contributed by atoms with Gasteiger partial charge in [-0.15, -0.1) is 0 Å². The molecule has 0 spiro atoms. The Hall–Kier alpha value is -2.57. The summed E-state index contributed by atoms with van der Waals surface area (Å²) in [7, 11) is 0. The SMILES string of the molecule is Cc1nc(CNc2nc(C(=O)O)ccc2N)oc1C. The van der Waals surface area contributed by atoms with E-state index in [0.29, 0.717) is 17.4 Å². The van der Waals surface area contributed by atoms with Crippen LogP contribution in [-0.2, 0) is 6.54 Å². The molecule has 0 unspecified atom stereocenters. The third kappa shape index (κ3) is 2.82. The Morgan fingerprint density at radius 3 is 2.74 bits per heavy atom. The van der Waals surface area contributed by atoms with Crippen molar-refractivity contribution in [1.82, 2.24) is 9.97 Å². The highest BCUT2D eigenvalue weighted by Gasteiger charge is 2.10. The zero-order valence-electron chi connectivity index (χ0n) is 10.6. The van der Waals surface area contributed by atoms with Crippen LogP contribution >= 0.6 is 0 Å². The van der Waals surface area contributed by atoms with Gasteiger partial charge in [0.2, 0.25) is 5.89 Å². The van der Waals surface area contributed by atoms with Gasteiger partial charge in [0.25, 0.3) is 0 Å². The van der Waals surface area contributed by atoms with Gasteiger partial charge in [-0.3, -0.25) is 0 Å². The molecule has 0 aliphatic carbocycles. The summed E-state index contributed by atoms with van der Waals surface area (Å²) in [6.07, 6.45) is 0. The number of carboxylic acids is 1. The summed E-state index contributed by atoms with van der Waals surface area (Å²) in [5, 5.41) is 11.8. The van der Waals surface area contributed by atoms with Crippen molar-refractivity contribution in [2.75, 3.05) is 11.1 Å². The van der Waals surface area contributed by atoms with Gasteiger partial charge in [0.05, 0.1) is 17.9 Å². The van der Waals surface area contributed by atoms with Crippen LogP contribution in [0.25, 0.3) is 0 Å². The molecule has 0 aliphatic heterocycles. The highest BCUT2D eigenvalue weighted by Crippen LogP contribution is 2.17. The van der Waals surface area contributed by atoms with E-state index in [-0.39, 0.29) is 12.2 Å². The lowest BCUT2D eigenvalue weighted by atomic mass is 10.3. The maximum atomic E-state index is 10.8. The number of nitrogens with zero attached hydrogens (tertiary/aromatic N) is 2. The van der Waals surface area contributed by atoms with Crippen molar-refractivity contribution in [3.05, 3.63) is 35.2 Å². The molecule has 2 aromatic rings. The minimum atomic E-state index is -1.11. The van der Waals surface area contributed by atoms with E-state index in [1.807, 2.05) is 13.8 Å². The number of nitrogens with one attached hydrogen (secondary N) is 1. The molecule has 2 rings (SSSR count). The minimum Gasteiger partial charge on any atom is -0.477 e.